The van der Waals surface area contributed by atoms with Gasteiger partial charge in [-0.05, 0) is 64.8 Å². The number of hydrogen-bond donors (Lipinski definition) is 0. The highest BCUT2D eigenvalue weighted by Gasteiger charge is 2.13. The van der Waals surface area contributed by atoms with Gasteiger partial charge >= 0.3 is 0 Å². The van der Waals surface area contributed by atoms with Crippen LogP contribution in [0.4, 0.5) is 4.39 Å². The Bertz CT molecular complexity index is 554. The van der Waals surface area contributed by atoms with Crippen molar-refractivity contribution in [2.45, 2.75) is 18.2 Å². The maximum Gasteiger partial charge on any atom is 0.123 e. The lowest BCUT2D eigenvalue weighted by molar-refractivity contribution is 0.625. The Balaban J connectivity index is 2.22. The molecule has 2 aromatic rings. The maximum absolute atomic E-state index is 13.1. The molecule has 0 amide bonds. The van der Waals surface area contributed by atoms with Gasteiger partial charge in [-0.2, -0.15) is 0 Å². The summed E-state index contributed by atoms with van der Waals surface area (Å²) in [7, 11) is 0. The van der Waals surface area contributed by atoms with Crippen LogP contribution in [0.25, 0.3) is 0 Å². The van der Waals surface area contributed by atoms with E-state index in [0.29, 0.717) is 0 Å². The largest absolute Gasteiger partial charge is 0.207 e. The first-order valence-corrected chi connectivity index (χ1v) is 7.71. The fourth-order valence-corrected chi connectivity index (χ4v) is 3.81. The van der Waals surface area contributed by atoms with E-state index in [-0.39, 0.29) is 10.6 Å². The first kappa shape index (κ1) is 14.0. The van der Waals surface area contributed by atoms with Crippen LogP contribution in [0.15, 0.2) is 42.5 Å². The van der Waals surface area contributed by atoms with Crippen molar-refractivity contribution < 1.29 is 4.39 Å². The van der Waals surface area contributed by atoms with E-state index in [1.807, 2.05) is 6.07 Å². The molecule has 0 N–H and O–H groups in total. The molecule has 3 heteroatoms. The Hall–Kier alpha value is -0.420. The molecule has 0 aliphatic heterocycles. The molecule has 0 bridgehead atoms. The molecule has 0 saturated heterocycles. The summed E-state index contributed by atoms with van der Waals surface area (Å²) in [5.41, 5.74) is 3.55. The normalized spacial score (nSPS) is 12.4. The van der Waals surface area contributed by atoms with E-state index in [0.717, 1.165) is 12.0 Å². The molecular formula is C15H13BrFI. The van der Waals surface area contributed by atoms with Gasteiger partial charge in [0.05, 0.1) is 0 Å². The molecule has 2 aromatic carbocycles. The summed E-state index contributed by atoms with van der Waals surface area (Å²) >= 11 is 6.07. The third-order valence-corrected chi connectivity index (χ3v) is 5.15. The molecule has 94 valence electrons. The summed E-state index contributed by atoms with van der Waals surface area (Å²) in [5.74, 6) is -0.175. The van der Waals surface area contributed by atoms with Gasteiger partial charge in [0.1, 0.15) is 5.82 Å². The number of hydrogen-bond acceptors (Lipinski definition) is 0. The second kappa shape index (κ2) is 6.15. The van der Waals surface area contributed by atoms with Crippen molar-refractivity contribution >= 4 is 38.5 Å². The number of rotatable bonds is 3. The van der Waals surface area contributed by atoms with Crippen LogP contribution in [0.1, 0.15) is 21.5 Å². The number of alkyl halides is 1. The van der Waals surface area contributed by atoms with Crippen LogP contribution in [0, 0.1) is 16.3 Å². The number of halogens is 3. The summed E-state index contributed by atoms with van der Waals surface area (Å²) in [4.78, 5) is 0.214. The molecule has 0 radical (unpaired) electrons. The Morgan fingerprint density at radius 2 is 1.94 bits per heavy atom. The highest BCUT2D eigenvalue weighted by atomic mass is 127. The quantitative estimate of drug-likeness (QED) is 0.461. The lowest BCUT2D eigenvalue weighted by Gasteiger charge is -2.14. The molecule has 0 heterocycles. The molecular weight excluding hydrogens is 406 g/mol. The topological polar surface area (TPSA) is 0 Å². The first-order valence-electron chi connectivity index (χ1n) is 5.71. The molecule has 18 heavy (non-hydrogen) atoms. The molecule has 0 aliphatic carbocycles. The molecule has 0 spiro atoms. The van der Waals surface area contributed by atoms with Crippen LogP contribution >= 0.6 is 38.5 Å². The summed E-state index contributed by atoms with van der Waals surface area (Å²) in [5, 5.41) is 0. The molecule has 0 nitrogen and oxygen atoms in total. The summed E-state index contributed by atoms with van der Waals surface area (Å²) < 4.78 is 14.4. The minimum atomic E-state index is -0.175. The van der Waals surface area contributed by atoms with Gasteiger partial charge in [-0.25, -0.2) is 4.39 Å². The lowest BCUT2D eigenvalue weighted by Crippen LogP contribution is -1.99. The van der Waals surface area contributed by atoms with Gasteiger partial charge in [-0.1, -0.05) is 46.3 Å². The lowest BCUT2D eigenvalue weighted by atomic mass is 10.0. The van der Waals surface area contributed by atoms with Crippen molar-refractivity contribution in [3.05, 3.63) is 68.5 Å². The van der Waals surface area contributed by atoms with E-state index in [1.165, 1.54) is 20.8 Å². The molecule has 0 aliphatic rings. The SMILES string of the molecule is Cc1cccc(C(Br)Cc2cccc(F)c2)c1I. The predicted molar refractivity (Wildman–Crippen MR) is 85.7 cm³/mol. The summed E-state index contributed by atoms with van der Waals surface area (Å²) in [6.45, 7) is 2.10. The zero-order valence-corrected chi connectivity index (χ0v) is 13.7. The van der Waals surface area contributed by atoms with E-state index in [1.54, 1.807) is 12.1 Å². The third kappa shape index (κ3) is 3.32. The smallest absolute Gasteiger partial charge is 0.123 e. The van der Waals surface area contributed by atoms with Gasteiger partial charge in [0.15, 0.2) is 0 Å². The van der Waals surface area contributed by atoms with Crippen LogP contribution in [-0.2, 0) is 6.42 Å². The molecule has 0 fully saturated rings. The van der Waals surface area contributed by atoms with E-state index >= 15 is 0 Å². The van der Waals surface area contributed by atoms with Gasteiger partial charge in [-0.15, -0.1) is 0 Å². The summed E-state index contributed by atoms with van der Waals surface area (Å²) in [6.07, 6.45) is 0.789. The third-order valence-electron chi connectivity index (χ3n) is 2.86. The van der Waals surface area contributed by atoms with Gasteiger partial charge in [0.25, 0.3) is 0 Å². The average Bonchev–Trinajstić information content (AvgIpc) is 2.32. The van der Waals surface area contributed by atoms with Crippen molar-refractivity contribution in [1.82, 2.24) is 0 Å². The zero-order chi connectivity index (χ0) is 13.1. The maximum atomic E-state index is 13.1. The molecule has 0 saturated carbocycles. The summed E-state index contributed by atoms with van der Waals surface area (Å²) in [6, 6.07) is 13.1. The second-order valence-corrected chi connectivity index (χ2v) is 6.46. The van der Waals surface area contributed by atoms with Crippen molar-refractivity contribution in [2.75, 3.05) is 0 Å². The van der Waals surface area contributed by atoms with E-state index in [4.69, 9.17) is 0 Å². The van der Waals surface area contributed by atoms with Crippen molar-refractivity contribution in [3.63, 3.8) is 0 Å². The predicted octanol–water partition coefficient (Wildman–Crippen LogP) is 5.42. The van der Waals surface area contributed by atoms with Crippen LogP contribution in [0.5, 0.6) is 0 Å². The van der Waals surface area contributed by atoms with Gasteiger partial charge < -0.3 is 0 Å². The van der Waals surface area contributed by atoms with Gasteiger partial charge in [0.2, 0.25) is 0 Å². The van der Waals surface area contributed by atoms with Gasteiger partial charge in [-0.3, -0.25) is 0 Å². The Kier molecular flexibility index (Phi) is 4.78. The minimum Gasteiger partial charge on any atom is -0.207 e. The minimum absolute atomic E-state index is 0.175. The Morgan fingerprint density at radius 3 is 2.67 bits per heavy atom. The molecule has 1 unspecified atom stereocenters. The number of benzene rings is 2. The highest BCUT2D eigenvalue weighted by molar-refractivity contribution is 14.1. The van der Waals surface area contributed by atoms with Crippen molar-refractivity contribution in [1.29, 1.82) is 0 Å². The van der Waals surface area contributed by atoms with Crippen molar-refractivity contribution in [2.24, 2.45) is 0 Å². The van der Waals surface area contributed by atoms with Crippen molar-refractivity contribution in [3.8, 4) is 0 Å². The van der Waals surface area contributed by atoms with E-state index in [2.05, 4.69) is 63.6 Å². The van der Waals surface area contributed by atoms with Crippen LogP contribution in [-0.4, -0.2) is 0 Å². The monoisotopic (exact) mass is 418 g/mol. The second-order valence-electron chi connectivity index (χ2n) is 4.28. The molecule has 0 aromatic heterocycles. The first-order chi connectivity index (χ1) is 8.58. The van der Waals surface area contributed by atoms with Crippen LogP contribution in [0.2, 0.25) is 0 Å². The fraction of sp³-hybridized carbons (Fsp3) is 0.200. The highest BCUT2D eigenvalue weighted by Crippen LogP contribution is 2.31. The average molecular weight is 419 g/mol. The zero-order valence-electron chi connectivity index (χ0n) is 9.96. The fourth-order valence-electron chi connectivity index (χ4n) is 1.89. The Labute approximate surface area is 129 Å². The number of aryl methyl sites for hydroxylation is 1. The van der Waals surface area contributed by atoms with Crippen LogP contribution < -0.4 is 0 Å². The van der Waals surface area contributed by atoms with Gasteiger partial charge in [0, 0.05) is 8.40 Å². The Morgan fingerprint density at radius 1 is 1.22 bits per heavy atom. The van der Waals surface area contributed by atoms with Crippen LogP contribution in [0.3, 0.4) is 0 Å². The molecule has 1 atom stereocenters. The van der Waals surface area contributed by atoms with E-state index < -0.39 is 0 Å². The molecule has 2 rings (SSSR count). The van der Waals surface area contributed by atoms with E-state index in [9.17, 15) is 4.39 Å². The standard InChI is InChI=1S/C15H13BrFI/c1-10-4-2-7-13(15(10)18)14(16)9-11-5-3-6-12(17)8-11/h2-8,14H,9H2,1H3.